The average Bonchev–Trinajstić information content (AvgIpc) is 2.29. The van der Waals surface area contributed by atoms with Gasteiger partial charge in [0, 0.05) is 34.9 Å². The van der Waals surface area contributed by atoms with Gasteiger partial charge in [-0.1, -0.05) is 0 Å². The summed E-state index contributed by atoms with van der Waals surface area (Å²) in [7, 11) is 1.53. The van der Waals surface area contributed by atoms with E-state index in [1.165, 1.54) is 13.3 Å². The molecule has 4 nitrogen and oxygen atoms in total. The minimum absolute atomic E-state index is 0.455. The number of pyridine rings is 2. The monoisotopic (exact) mass is 266 g/mol. The Kier molecular flexibility index (Phi) is 2.64. The first-order chi connectivity index (χ1) is 7.27. The molecule has 5 heteroatoms. The third-order valence-corrected chi connectivity index (χ3v) is 2.79. The van der Waals surface area contributed by atoms with Gasteiger partial charge in [-0.3, -0.25) is 9.78 Å². The van der Waals surface area contributed by atoms with Crippen LogP contribution in [0.1, 0.15) is 10.4 Å². The van der Waals surface area contributed by atoms with Crippen molar-refractivity contribution < 1.29 is 9.53 Å². The number of methoxy groups -OCH3 is 1. The van der Waals surface area contributed by atoms with Crippen LogP contribution in [0.15, 0.2) is 23.1 Å². The highest BCUT2D eigenvalue weighted by Gasteiger charge is 2.10. The largest absolute Gasteiger partial charge is 0.480 e. The SMILES string of the molecule is COc1ncc2cncc(C=O)c2c1Br. The zero-order chi connectivity index (χ0) is 10.8. The van der Waals surface area contributed by atoms with Gasteiger partial charge in [-0.2, -0.15) is 0 Å². The molecular weight excluding hydrogens is 260 g/mol. The number of hydrogen-bond acceptors (Lipinski definition) is 4. The maximum Gasteiger partial charge on any atom is 0.228 e. The van der Waals surface area contributed by atoms with Gasteiger partial charge in [0.05, 0.1) is 11.6 Å². The lowest BCUT2D eigenvalue weighted by atomic mass is 10.1. The van der Waals surface area contributed by atoms with E-state index in [4.69, 9.17) is 4.74 Å². The van der Waals surface area contributed by atoms with Crippen LogP contribution in [0.2, 0.25) is 0 Å². The van der Waals surface area contributed by atoms with Gasteiger partial charge in [0.25, 0.3) is 0 Å². The zero-order valence-electron chi connectivity index (χ0n) is 7.90. The normalized spacial score (nSPS) is 10.3. The van der Waals surface area contributed by atoms with E-state index in [1.54, 1.807) is 12.4 Å². The topological polar surface area (TPSA) is 52.1 Å². The predicted octanol–water partition coefficient (Wildman–Crippen LogP) is 2.21. The Morgan fingerprint density at radius 1 is 1.40 bits per heavy atom. The lowest BCUT2D eigenvalue weighted by molar-refractivity contribution is 0.112. The lowest BCUT2D eigenvalue weighted by Crippen LogP contribution is -1.93. The molecule has 0 aromatic carbocycles. The summed E-state index contributed by atoms with van der Waals surface area (Å²) in [6.07, 6.45) is 5.55. The fourth-order valence-electron chi connectivity index (χ4n) is 1.37. The second kappa shape index (κ2) is 3.94. The van der Waals surface area contributed by atoms with E-state index < -0.39 is 0 Å². The second-order valence-corrected chi connectivity index (χ2v) is 3.69. The zero-order valence-corrected chi connectivity index (χ0v) is 9.48. The Hall–Kier alpha value is -1.49. The van der Waals surface area contributed by atoms with Crippen LogP contribution >= 0.6 is 15.9 Å². The molecule has 0 spiro atoms. The molecule has 0 unspecified atom stereocenters. The van der Waals surface area contributed by atoms with Gasteiger partial charge in [-0.15, -0.1) is 0 Å². The smallest absolute Gasteiger partial charge is 0.228 e. The summed E-state index contributed by atoms with van der Waals surface area (Å²) in [4.78, 5) is 18.9. The minimum Gasteiger partial charge on any atom is -0.480 e. The van der Waals surface area contributed by atoms with E-state index in [0.717, 1.165) is 17.1 Å². The molecule has 0 fully saturated rings. The van der Waals surface area contributed by atoms with Gasteiger partial charge >= 0.3 is 0 Å². The van der Waals surface area contributed by atoms with Gasteiger partial charge in [0.15, 0.2) is 6.29 Å². The number of halogens is 1. The number of carbonyl (C=O) groups is 1. The number of nitrogens with zero attached hydrogens (tertiary/aromatic N) is 2. The van der Waals surface area contributed by atoms with Crippen LogP contribution in [0, 0.1) is 0 Å². The number of carbonyl (C=O) groups excluding carboxylic acids is 1. The van der Waals surface area contributed by atoms with Gasteiger partial charge in [-0.25, -0.2) is 4.98 Å². The molecule has 2 rings (SSSR count). The van der Waals surface area contributed by atoms with Crippen LogP contribution in [-0.4, -0.2) is 23.4 Å². The summed E-state index contributed by atoms with van der Waals surface area (Å²) in [6.45, 7) is 0. The van der Waals surface area contributed by atoms with Crippen molar-refractivity contribution in [3.8, 4) is 5.88 Å². The fourth-order valence-corrected chi connectivity index (χ4v) is 2.09. The van der Waals surface area contributed by atoms with Crippen molar-refractivity contribution in [2.45, 2.75) is 0 Å². The van der Waals surface area contributed by atoms with Gasteiger partial charge in [-0.05, 0) is 15.9 Å². The van der Waals surface area contributed by atoms with Crippen molar-refractivity contribution >= 4 is 33.0 Å². The van der Waals surface area contributed by atoms with Crippen molar-refractivity contribution in [3.05, 3.63) is 28.6 Å². The van der Waals surface area contributed by atoms with E-state index in [9.17, 15) is 4.79 Å². The molecule has 2 heterocycles. The number of hydrogen-bond donors (Lipinski definition) is 0. The number of aldehydes is 1. The fraction of sp³-hybridized carbons (Fsp3) is 0.100. The highest BCUT2D eigenvalue weighted by atomic mass is 79.9. The number of fused-ring (bicyclic) bond motifs is 1. The summed E-state index contributed by atoms with van der Waals surface area (Å²) in [5.74, 6) is 0.455. The molecule has 0 radical (unpaired) electrons. The Morgan fingerprint density at radius 3 is 2.87 bits per heavy atom. The number of aromatic nitrogens is 2. The molecule has 0 aliphatic carbocycles. The van der Waals surface area contributed by atoms with Crippen LogP contribution in [0.5, 0.6) is 5.88 Å². The first-order valence-electron chi connectivity index (χ1n) is 4.19. The Morgan fingerprint density at radius 2 is 2.20 bits per heavy atom. The van der Waals surface area contributed by atoms with Crippen LogP contribution in [0.4, 0.5) is 0 Å². The molecule has 2 aromatic heterocycles. The molecular formula is C10H7BrN2O2. The molecule has 76 valence electrons. The summed E-state index contributed by atoms with van der Waals surface area (Å²) in [6, 6.07) is 0. The molecule has 0 N–H and O–H groups in total. The molecule has 0 bridgehead atoms. The van der Waals surface area contributed by atoms with Crippen molar-refractivity contribution in [3.63, 3.8) is 0 Å². The molecule has 0 aliphatic heterocycles. The Bertz CT molecular complexity index is 528. The van der Waals surface area contributed by atoms with E-state index >= 15 is 0 Å². The summed E-state index contributed by atoms with van der Waals surface area (Å²) in [5.41, 5.74) is 0.514. The molecule has 0 saturated carbocycles. The molecule has 0 aliphatic rings. The van der Waals surface area contributed by atoms with Crippen molar-refractivity contribution in [2.24, 2.45) is 0 Å². The van der Waals surface area contributed by atoms with Crippen molar-refractivity contribution in [1.82, 2.24) is 9.97 Å². The standard InChI is InChI=1S/C10H7BrN2O2/c1-15-10-9(11)8-6(4-13-10)2-12-3-7(8)5-14/h2-5H,1H3. The molecule has 0 saturated heterocycles. The van der Waals surface area contributed by atoms with E-state index in [-0.39, 0.29) is 0 Å². The second-order valence-electron chi connectivity index (χ2n) is 2.89. The van der Waals surface area contributed by atoms with E-state index in [1.807, 2.05) is 0 Å². The molecule has 2 aromatic rings. The Balaban J connectivity index is 2.88. The molecule has 15 heavy (non-hydrogen) atoms. The first-order valence-corrected chi connectivity index (χ1v) is 4.98. The van der Waals surface area contributed by atoms with Gasteiger partial charge in [0.2, 0.25) is 5.88 Å². The number of rotatable bonds is 2. The highest BCUT2D eigenvalue weighted by molar-refractivity contribution is 9.10. The lowest BCUT2D eigenvalue weighted by Gasteiger charge is -2.06. The van der Waals surface area contributed by atoms with E-state index in [2.05, 4.69) is 25.9 Å². The maximum atomic E-state index is 10.9. The van der Waals surface area contributed by atoms with Crippen LogP contribution in [0.3, 0.4) is 0 Å². The summed E-state index contributed by atoms with van der Waals surface area (Å²) in [5, 5.41) is 1.57. The van der Waals surface area contributed by atoms with Crippen LogP contribution < -0.4 is 4.74 Å². The van der Waals surface area contributed by atoms with Crippen molar-refractivity contribution in [1.29, 1.82) is 0 Å². The van der Waals surface area contributed by atoms with Gasteiger partial charge in [0.1, 0.15) is 0 Å². The third-order valence-electron chi connectivity index (χ3n) is 2.05. The van der Waals surface area contributed by atoms with E-state index in [0.29, 0.717) is 15.9 Å². The quantitative estimate of drug-likeness (QED) is 0.783. The first kappa shape index (κ1) is 10.0. The van der Waals surface area contributed by atoms with Crippen molar-refractivity contribution in [2.75, 3.05) is 7.11 Å². The van der Waals surface area contributed by atoms with Crippen LogP contribution in [0.25, 0.3) is 10.8 Å². The molecule has 0 amide bonds. The Labute approximate surface area is 94.4 Å². The third kappa shape index (κ3) is 1.59. The number of ether oxygens (including phenoxy) is 1. The molecule has 0 atom stereocenters. The average molecular weight is 267 g/mol. The minimum atomic E-state index is 0.455. The summed E-state index contributed by atoms with van der Waals surface area (Å²) < 4.78 is 5.73. The van der Waals surface area contributed by atoms with Gasteiger partial charge < -0.3 is 4.74 Å². The van der Waals surface area contributed by atoms with Crippen LogP contribution in [-0.2, 0) is 0 Å². The summed E-state index contributed by atoms with van der Waals surface area (Å²) >= 11 is 3.36. The maximum absolute atomic E-state index is 10.9. The predicted molar refractivity (Wildman–Crippen MR) is 59.2 cm³/mol. The highest BCUT2D eigenvalue weighted by Crippen LogP contribution is 2.31.